The number of carbonyl (C=O) groups excluding carboxylic acids is 4. The van der Waals surface area contributed by atoms with Crippen LogP contribution in [0.15, 0.2) is 0 Å². The van der Waals surface area contributed by atoms with E-state index < -0.39 is 48.1 Å². The normalized spacial score (nSPS) is 14.7. The van der Waals surface area contributed by atoms with Crippen molar-refractivity contribution in [2.24, 2.45) is 5.92 Å². The minimum Gasteiger partial charge on any atom is -0.469 e. The Morgan fingerprint density at radius 2 is 1.60 bits per heavy atom. The highest BCUT2D eigenvalue weighted by Crippen LogP contribution is 2.28. The summed E-state index contributed by atoms with van der Waals surface area (Å²) in [6.45, 7) is 1.17. The van der Waals surface area contributed by atoms with Gasteiger partial charge in [-0.25, -0.2) is 4.79 Å². The second-order valence-corrected chi connectivity index (χ2v) is 4.15. The first-order valence-electron chi connectivity index (χ1n) is 5.67. The molecule has 20 heavy (non-hydrogen) atoms. The number of aliphatic hydroxyl groups is 1. The largest absolute Gasteiger partial charge is 0.469 e. The minimum atomic E-state index is -2.53. The molecule has 0 aromatic heterocycles. The highest BCUT2D eigenvalue weighted by Gasteiger charge is 2.51. The van der Waals surface area contributed by atoms with Crippen LogP contribution in [0.3, 0.4) is 0 Å². The fourth-order valence-corrected chi connectivity index (χ4v) is 1.68. The Morgan fingerprint density at radius 3 is 1.95 bits per heavy atom. The predicted molar refractivity (Wildman–Crippen MR) is 64.4 cm³/mol. The number of ketones is 1. The summed E-state index contributed by atoms with van der Waals surface area (Å²) in [6, 6.07) is 0. The van der Waals surface area contributed by atoms with Crippen LogP contribution in [0.25, 0.3) is 0 Å². The quantitative estimate of drug-likeness (QED) is 0.479. The van der Waals surface area contributed by atoms with Crippen LogP contribution in [-0.2, 0) is 33.4 Å². The molecular weight excluding hydrogens is 272 g/mol. The molecular formula is C12H18O8. The summed E-state index contributed by atoms with van der Waals surface area (Å²) in [5.41, 5.74) is -2.53. The van der Waals surface area contributed by atoms with Gasteiger partial charge in [-0.2, -0.15) is 0 Å². The SMILES string of the molecule is COC(=O)CC(O)(C(=O)OC)C(CC(C)=O)C(=O)OC. The molecule has 1 N–H and O–H groups in total. The van der Waals surface area contributed by atoms with Gasteiger partial charge in [-0.1, -0.05) is 0 Å². The number of methoxy groups -OCH3 is 3. The summed E-state index contributed by atoms with van der Waals surface area (Å²) in [7, 11) is 3.07. The molecule has 0 aliphatic carbocycles. The maximum atomic E-state index is 11.7. The van der Waals surface area contributed by atoms with Crippen LogP contribution in [0.1, 0.15) is 19.8 Å². The molecule has 0 saturated heterocycles. The molecule has 0 rings (SSSR count). The van der Waals surface area contributed by atoms with Crippen LogP contribution < -0.4 is 0 Å². The topological polar surface area (TPSA) is 116 Å². The Balaban J connectivity index is 5.62. The molecule has 0 heterocycles. The van der Waals surface area contributed by atoms with Gasteiger partial charge < -0.3 is 19.3 Å². The van der Waals surface area contributed by atoms with Crippen molar-refractivity contribution in [2.75, 3.05) is 21.3 Å². The van der Waals surface area contributed by atoms with E-state index >= 15 is 0 Å². The van der Waals surface area contributed by atoms with Crippen LogP contribution in [0.2, 0.25) is 0 Å². The van der Waals surface area contributed by atoms with E-state index in [1.165, 1.54) is 6.92 Å². The third-order valence-corrected chi connectivity index (χ3v) is 2.73. The zero-order valence-corrected chi connectivity index (χ0v) is 11.8. The molecule has 2 atom stereocenters. The molecule has 0 fully saturated rings. The lowest BCUT2D eigenvalue weighted by molar-refractivity contribution is -0.184. The molecule has 0 aromatic rings. The summed E-state index contributed by atoms with van der Waals surface area (Å²) >= 11 is 0. The fraction of sp³-hybridized carbons (Fsp3) is 0.667. The van der Waals surface area contributed by atoms with Gasteiger partial charge in [0.2, 0.25) is 0 Å². The Hall–Kier alpha value is -1.96. The molecule has 2 unspecified atom stereocenters. The number of Topliss-reactive ketones (excluding diaryl/α,β-unsaturated/α-hetero) is 1. The van der Waals surface area contributed by atoms with Crippen molar-refractivity contribution in [1.82, 2.24) is 0 Å². The standard InChI is InChI=1S/C12H18O8/c1-7(13)5-8(10(15)19-3)12(17,11(16)20-4)6-9(14)18-2/h8,17H,5-6H2,1-4H3. The van der Waals surface area contributed by atoms with E-state index in [1.807, 2.05) is 0 Å². The van der Waals surface area contributed by atoms with Gasteiger partial charge in [0.25, 0.3) is 0 Å². The molecule has 0 radical (unpaired) electrons. The lowest BCUT2D eigenvalue weighted by Gasteiger charge is -2.30. The van der Waals surface area contributed by atoms with Crippen LogP contribution in [-0.4, -0.2) is 55.7 Å². The second kappa shape index (κ2) is 7.59. The maximum Gasteiger partial charge on any atom is 0.339 e. The number of esters is 3. The van der Waals surface area contributed by atoms with Gasteiger partial charge in [-0.3, -0.25) is 14.4 Å². The Kier molecular flexibility index (Phi) is 6.84. The second-order valence-electron chi connectivity index (χ2n) is 4.15. The van der Waals surface area contributed by atoms with E-state index in [0.717, 1.165) is 21.3 Å². The van der Waals surface area contributed by atoms with Crippen molar-refractivity contribution in [2.45, 2.75) is 25.4 Å². The first-order valence-corrected chi connectivity index (χ1v) is 5.67. The number of ether oxygens (including phenoxy) is 3. The monoisotopic (exact) mass is 290 g/mol. The summed E-state index contributed by atoms with van der Waals surface area (Å²) in [6.07, 6.45) is -1.31. The highest BCUT2D eigenvalue weighted by atomic mass is 16.6. The molecule has 0 aliphatic rings. The molecule has 0 spiro atoms. The lowest BCUT2D eigenvalue weighted by atomic mass is 9.81. The summed E-state index contributed by atoms with van der Waals surface area (Å²) < 4.78 is 13.2. The smallest absolute Gasteiger partial charge is 0.339 e. The van der Waals surface area contributed by atoms with Crippen molar-refractivity contribution in [1.29, 1.82) is 0 Å². The van der Waals surface area contributed by atoms with Gasteiger partial charge in [0.1, 0.15) is 11.7 Å². The molecule has 0 amide bonds. The van der Waals surface area contributed by atoms with Crippen LogP contribution >= 0.6 is 0 Å². The van der Waals surface area contributed by atoms with E-state index in [0.29, 0.717) is 0 Å². The Bertz CT molecular complexity index is 402. The zero-order chi connectivity index (χ0) is 15.9. The fourth-order valence-electron chi connectivity index (χ4n) is 1.68. The number of rotatable bonds is 7. The Morgan fingerprint density at radius 1 is 1.05 bits per heavy atom. The van der Waals surface area contributed by atoms with Gasteiger partial charge in [-0.15, -0.1) is 0 Å². The van der Waals surface area contributed by atoms with Crippen molar-refractivity contribution in [3.05, 3.63) is 0 Å². The zero-order valence-electron chi connectivity index (χ0n) is 11.8. The van der Waals surface area contributed by atoms with E-state index in [2.05, 4.69) is 14.2 Å². The van der Waals surface area contributed by atoms with Gasteiger partial charge in [0.15, 0.2) is 5.60 Å². The highest BCUT2D eigenvalue weighted by molar-refractivity contribution is 5.93. The van der Waals surface area contributed by atoms with E-state index in [9.17, 15) is 24.3 Å². The molecule has 8 nitrogen and oxygen atoms in total. The van der Waals surface area contributed by atoms with Gasteiger partial charge in [0, 0.05) is 6.42 Å². The lowest BCUT2D eigenvalue weighted by Crippen LogP contribution is -2.52. The van der Waals surface area contributed by atoms with Crippen LogP contribution in [0.4, 0.5) is 0 Å². The van der Waals surface area contributed by atoms with Crippen molar-refractivity contribution in [3.8, 4) is 0 Å². The van der Waals surface area contributed by atoms with Gasteiger partial charge in [-0.05, 0) is 6.92 Å². The van der Waals surface area contributed by atoms with Crippen LogP contribution in [0, 0.1) is 5.92 Å². The van der Waals surface area contributed by atoms with Crippen LogP contribution in [0.5, 0.6) is 0 Å². The summed E-state index contributed by atoms with van der Waals surface area (Å²) in [5.74, 6) is -5.18. The first kappa shape index (κ1) is 18.0. The first-order chi connectivity index (χ1) is 9.22. The molecule has 8 heteroatoms. The third-order valence-electron chi connectivity index (χ3n) is 2.73. The third kappa shape index (κ3) is 4.30. The summed E-state index contributed by atoms with van der Waals surface area (Å²) in [5, 5.41) is 10.4. The average Bonchev–Trinajstić information content (AvgIpc) is 2.42. The number of hydrogen-bond acceptors (Lipinski definition) is 8. The molecule has 0 bridgehead atoms. The van der Waals surface area contributed by atoms with Gasteiger partial charge >= 0.3 is 17.9 Å². The predicted octanol–water partition coefficient (Wildman–Crippen LogP) is -0.778. The maximum absolute atomic E-state index is 11.7. The number of hydrogen-bond donors (Lipinski definition) is 1. The molecule has 114 valence electrons. The number of carbonyl (C=O) groups is 4. The van der Waals surface area contributed by atoms with E-state index in [1.54, 1.807) is 0 Å². The van der Waals surface area contributed by atoms with Gasteiger partial charge in [0.05, 0.1) is 27.8 Å². The summed E-state index contributed by atoms with van der Waals surface area (Å²) in [4.78, 5) is 45.9. The molecule has 0 aliphatic heterocycles. The van der Waals surface area contributed by atoms with E-state index in [4.69, 9.17) is 0 Å². The minimum absolute atomic E-state index is 0.465. The molecule has 0 saturated carbocycles. The molecule has 0 aromatic carbocycles. The average molecular weight is 290 g/mol. The van der Waals surface area contributed by atoms with Crippen molar-refractivity contribution < 1.29 is 38.5 Å². The van der Waals surface area contributed by atoms with Crippen molar-refractivity contribution >= 4 is 23.7 Å². The Labute approximate surface area is 116 Å². The van der Waals surface area contributed by atoms with Crippen molar-refractivity contribution in [3.63, 3.8) is 0 Å². The van der Waals surface area contributed by atoms with E-state index in [-0.39, 0.29) is 0 Å².